The molecule has 1 aromatic heterocycles. The molecule has 2 amide bonds. The maximum Gasteiger partial charge on any atom is 0.318 e. The third-order valence-corrected chi connectivity index (χ3v) is 4.02. The van der Waals surface area contributed by atoms with Crippen molar-refractivity contribution in [3.63, 3.8) is 0 Å². The van der Waals surface area contributed by atoms with E-state index in [1.807, 2.05) is 25.1 Å². The molecule has 7 nitrogen and oxygen atoms in total. The number of urea groups is 1. The van der Waals surface area contributed by atoms with E-state index in [4.69, 9.17) is 9.47 Å². The predicted octanol–water partition coefficient (Wildman–Crippen LogP) is 2.02. The predicted molar refractivity (Wildman–Crippen MR) is 89.0 cm³/mol. The smallest absolute Gasteiger partial charge is 0.318 e. The summed E-state index contributed by atoms with van der Waals surface area (Å²) in [4.78, 5) is 18.3. The Morgan fingerprint density at radius 1 is 1.33 bits per heavy atom. The third-order valence-electron chi connectivity index (χ3n) is 4.02. The largest absolute Gasteiger partial charge is 0.493 e. The number of hydrogen-bond acceptors (Lipinski definition) is 4. The molecule has 1 aliphatic heterocycles. The summed E-state index contributed by atoms with van der Waals surface area (Å²) in [7, 11) is 1.61. The van der Waals surface area contributed by atoms with Crippen LogP contribution in [0.2, 0.25) is 0 Å². The van der Waals surface area contributed by atoms with Gasteiger partial charge in [0.05, 0.1) is 32.3 Å². The van der Waals surface area contributed by atoms with Crippen molar-refractivity contribution in [2.24, 2.45) is 0 Å². The van der Waals surface area contributed by atoms with E-state index in [1.165, 1.54) is 0 Å². The molecule has 0 saturated heterocycles. The lowest BCUT2D eigenvalue weighted by Gasteiger charge is -2.28. The van der Waals surface area contributed by atoms with Gasteiger partial charge < -0.3 is 24.3 Å². The van der Waals surface area contributed by atoms with Gasteiger partial charge in [-0.3, -0.25) is 0 Å². The molecule has 0 atom stereocenters. The number of rotatable bonds is 5. The third kappa shape index (κ3) is 3.45. The van der Waals surface area contributed by atoms with Gasteiger partial charge >= 0.3 is 6.03 Å². The fraction of sp³-hybridized carbons (Fsp3) is 0.412. The first kappa shape index (κ1) is 16.2. The lowest BCUT2D eigenvalue weighted by Crippen LogP contribution is -2.43. The molecule has 0 radical (unpaired) electrons. The summed E-state index contributed by atoms with van der Waals surface area (Å²) in [6.45, 7) is 4.97. The van der Waals surface area contributed by atoms with E-state index in [-0.39, 0.29) is 6.03 Å². The van der Waals surface area contributed by atoms with Crippen molar-refractivity contribution < 1.29 is 14.3 Å². The van der Waals surface area contributed by atoms with E-state index in [0.29, 0.717) is 37.7 Å². The monoisotopic (exact) mass is 330 g/mol. The SMILES string of the molecule is CCOc1cc(CNC(=O)N2CCn3cncc3C2)ccc1OC. The molecule has 0 bridgehead atoms. The highest BCUT2D eigenvalue weighted by atomic mass is 16.5. The Bertz CT molecular complexity index is 714. The van der Waals surface area contributed by atoms with Crippen molar-refractivity contribution in [3.05, 3.63) is 42.0 Å². The van der Waals surface area contributed by atoms with Crippen LogP contribution >= 0.6 is 0 Å². The molecule has 24 heavy (non-hydrogen) atoms. The number of hydrogen-bond donors (Lipinski definition) is 1. The molecule has 1 N–H and O–H groups in total. The van der Waals surface area contributed by atoms with Gasteiger partial charge in [-0.2, -0.15) is 0 Å². The van der Waals surface area contributed by atoms with Gasteiger partial charge in [-0.1, -0.05) is 6.07 Å². The molecule has 0 unspecified atom stereocenters. The first-order valence-electron chi connectivity index (χ1n) is 8.02. The standard InChI is InChI=1S/C17H22N4O3/c1-3-24-16-8-13(4-5-15(16)23-2)9-19-17(22)20-6-7-21-12-18-10-14(21)11-20/h4-5,8,10,12H,3,6-7,9,11H2,1-2H3,(H,19,22). The number of methoxy groups -OCH3 is 1. The van der Waals surface area contributed by atoms with Crippen molar-refractivity contribution >= 4 is 6.03 Å². The number of fused-ring (bicyclic) bond motifs is 1. The van der Waals surface area contributed by atoms with Crippen molar-refractivity contribution in [3.8, 4) is 11.5 Å². The summed E-state index contributed by atoms with van der Waals surface area (Å²) < 4.78 is 12.9. The first-order valence-corrected chi connectivity index (χ1v) is 8.02. The topological polar surface area (TPSA) is 68.6 Å². The van der Waals surface area contributed by atoms with Gasteiger partial charge in [0, 0.05) is 25.8 Å². The second-order valence-corrected chi connectivity index (χ2v) is 5.58. The van der Waals surface area contributed by atoms with Crippen LogP contribution < -0.4 is 14.8 Å². The summed E-state index contributed by atoms with van der Waals surface area (Å²) in [5.41, 5.74) is 2.02. The minimum Gasteiger partial charge on any atom is -0.493 e. The van der Waals surface area contributed by atoms with Crippen LogP contribution in [0.15, 0.2) is 30.7 Å². The van der Waals surface area contributed by atoms with E-state index in [1.54, 1.807) is 24.5 Å². The zero-order chi connectivity index (χ0) is 16.9. The average molecular weight is 330 g/mol. The van der Waals surface area contributed by atoms with Crippen molar-refractivity contribution in [2.75, 3.05) is 20.3 Å². The molecule has 0 spiro atoms. The number of imidazole rings is 1. The Hall–Kier alpha value is -2.70. The lowest BCUT2D eigenvalue weighted by molar-refractivity contribution is 0.183. The van der Waals surface area contributed by atoms with Crippen molar-refractivity contribution in [1.82, 2.24) is 19.8 Å². The Balaban J connectivity index is 1.59. The zero-order valence-electron chi connectivity index (χ0n) is 14.0. The van der Waals surface area contributed by atoms with Gasteiger partial charge in [-0.15, -0.1) is 0 Å². The van der Waals surface area contributed by atoms with Crippen LogP contribution in [0, 0.1) is 0 Å². The Kier molecular flexibility index (Phi) is 4.88. The van der Waals surface area contributed by atoms with E-state index in [2.05, 4.69) is 14.9 Å². The van der Waals surface area contributed by atoms with E-state index in [0.717, 1.165) is 17.8 Å². The first-order chi connectivity index (χ1) is 11.7. The molecule has 2 heterocycles. The van der Waals surface area contributed by atoms with Gasteiger partial charge in [0.1, 0.15) is 0 Å². The summed E-state index contributed by atoms with van der Waals surface area (Å²) in [5, 5.41) is 2.96. The molecule has 3 rings (SSSR count). The fourth-order valence-corrected chi connectivity index (χ4v) is 2.75. The summed E-state index contributed by atoms with van der Waals surface area (Å²) in [6, 6.07) is 5.60. The normalized spacial score (nSPS) is 13.3. The van der Waals surface area contributed by atoms with Gasteiger partial charge in [-0.05, 0) is 24.6 Å². The second-order valence-electron chi connectivity index (χ2n) is 5.58. The summed E-state index contributed by atoms with van der Waals surface area (Å²) in [6.07, 6.45) is 3.61. The number of ether oxygens (including phenoxy) is 2. The number of benzene rings is 1. The average Bonchev–Trinajstić information content (AvgIpc) is 3.08. The Morgan fingerprint density at radius 3 is 3.00 bits per heavy atom. The van der Waals surface area contributed by atoms with Gasteiger partial charge in [0.2, 0.25) is 0 Å². The fourth-order valence-electron chi connectivity index (χ4n) is 2.75. The second kappa shape index (κ2) is 7.25. The van der Waals surface area contributed by atoms with Crippen LogP contribution in [-0.2, 0) is 19.6 Å². The van der Waals surface area contributed by atoms with E-state index < -0.39 is 0 Å². The molecule has 1 aromatic carbocycles. The molecule has 0 saturated carbocycles. The highest BCUT2D eigenvalue weighted by molar-refractivity contribution is 5.74. The number of amides is 2. The number of carbonyl (C=O) groups excluding carboxylic acids is 1. The number of carbonyl (C=O) groups is 1. The van der Waals surface area contributed by atoms with Crippen LogP contribution in [0.4, 0.5) is 4.79 Å². The van der Waals surface area contributed by atoms with Gasteiger partial charge in [-0.25, -0.2) is 9.78 Å². The van der Waals surface area contributed by atoms with Gasteiger partial charge in [0.25, 0.3) is 0 Å². The van der Waals surface area contributed by atoms with E-state index in [9.17, 15) is 4.79 Å². The van der Waals surface area contributed by atoms with Crippen LogP contribution in [0.25, 0.3) is 0 Å². The molecule has 128 valence electrons. The molecule has 0 aliphatic carbocycles. The maximum atomic E-state index is 12.4. The number of aromatic nitrogens is 2. The number of nitrogens with one attached hydrogen (secondary N) is 1. The molecule has 7 heteroatoms. The van der Waals surface area contributed by atoms with Crippen LogP contribution in [0.3, 0.4) is 0 Å². The minimum atomic E-state index is -0.0729. The summed E-state index contributed by atoms with van der Waals surface area (Å²) in [5.74, 6) is 1.38. The van der Waals surface area contributed by atoms with E-state index >= 15 is 0 Å². The molecule has 1 aliphatic rings. The summed E-state index contributed by atoms with van der Waals surface area (Å²) >= 11 is 0. The quantitative estimate of drug-likeness (QED) is 0.911. The van der Waals surface area contributed by atoms with Crippen LogP contribution in [0.5, 0.6) is 11.5 Å². The molecular formula is C17H22N4O3. The maximum absolute atomic E-state index is 12.4. The lowest BCUT2D eigenvalue weighted by atomic mass is 10.2. The zero-order valence-corrected chi connectivity index (χ0v) is 14.0. The van der Waals surface area contributed by atoms with Crippen molar-refractivity contribution in [2.45, 2.75) is 26.6 Å². The highest BCUT2D eigenvalue weighted by Crippen LogP contribution is 2.28. The highest BCUT2D eigenvalue weighted by Gasteiger charge is 2.20. The minimum absolute atomic E-state index is 0.0729. The molecule has 0 fully saturated rings. The van der Waals surface area contributed by atoms with Gasteiger partial charge in [0.15, 0.2) is 11.5 Å². The molecule has 2 aromatic rings. The van der Waals surface area contributed by atoms with Crippen LogP contribution in [-0.4, -0.2) is 40.7 Å². The Morgan fingerprint density at radius 2 is 2.21 bits per heavy atom. The van der Waals surface area contributed by atoms with Crippen LogP contribution in [0.1, 0.15) is 18.2 Å². The molecular weight excluding hydrogens is 308 g/mol. The Labute approximate surface area is 141 Å². The van der Waals surface area contributed by atoms with Crippen molar-refractivity contribution in [1.29, 1.82) is 0 Å². The number of nitrogens with zero attached hydrogens (tertiary/aromatic N) is 3.